The van der Waals surface area contributed by atoms with Gasteiger partial charge >= 0.3 is 0 Å². The zero-order valence-corrected chi connectivity index (χ0v) is 15.1. The van der Waals surface area contributed by atoms with Crippen LogP contribution in [0, 0.1) is 24.7 Å². The van der Waals surface area contributed by atoms with E-state index in [4.69, 9.17) is 0 Å². The number of hydrogen-bond acceptors (Lipinski definition) is 2. The summed E-state index contributed by atoms with van der Waals surface area (Å²) in [6.07, 6.45) is 3.01. The summed E-state index contributed by atoms with van der Waals surface area (Å²) in [6.45, 7) is 6.62. The molecule has 2 heterocycles. The number of hydrogen-bond donors (Lipinski definition) is 0. The number of benzene rings is 1. The van der Waals surface area contributed by atoms with Crippen molar-refractivity contribution < 1.29 is 9.59 Å². The number of piperidine rings is 1. The summed E-state index contributed by atoms with van der Waals surface area (Å²) in [4.78, 5) is 27.5. The Hall–Kier alpha value is -2.28. The molecule has 0 aromatic heterocycles. The number of carbonyl (C=O) groups is 2. The first-order chi connectivity index (χ1) is 12.0. The van der Waals surface area contributed by atoms with Gasteiger partial charge in [0.15, 0.2) is 0 Å². The van der Waals surface area contributed by atoms with Crippen LogP contribution in [0.1, 0.15) is 43.2 Å². The summed E-state index contributed by atoms with van der Waals surface area (Å²) in [6, 6.07) is 8.62. The number of likely N-dealkylation sites (tertiary alicyclic amines) is 2. The Bertz CT molecular complexity index is 699. The van der Waals surface area contributed by atoms with Gasteiger partial charge in [0, 0.05) is 44.9 Å². The van der Waals surface area contributed by atoms with E-state index in [2.05, 4.69) is 43.0 Å². The van der Waals surface area contributed by atoms with Crippen molar-refractivity contribution in [3.63, 3.8) is 0 Å². The average molecular weight is 338 g/mol. The molecule has 2 aliphatic heterocycles. The molecule has 0 aliphatic carbocycles. The second kappa shape index (κ2) is 7.74. The monoisotopic (exact) mass is 338 g/mol. The van der Waals surface area contributed by atoms with E-state index >= 15 is 0 Å². The molecule has 2 fully saturated rings. The van der Waals surface area contributed by atoms with E-state index in [9.17, 15) is 9.59 Å². The first-order valence-corrected chi connectivity index (χ1v) is 9.15. The highest BCUT2D eigenvalue weighted by atomic mass is 16.2. The number of aryl methyl sites for hydroxylation is 1. The van der Waals surface area contributed by atoms with Crippen LogP contribution in [0.5, 0.6) is 0 Å². The lowest BCUT2D eigenvalue weighted by atomic mass is 9.90. The molecule has 4 heteroatoms. The first kappa shape index (κ1) is 17.5. The van der Waals surface area contributed by atoms with E-state index in [0.29, 0.717) is 12.5 Å². The van der Waals surface area contributed by atoms with Gasteiger partial charge in [0.25, 0.3) is 5.91 Å². The quantitative estimate of drug-likeness (QED) is 0.739. The van der Waals surface area contributed by atoms with Crippen LogP contribution < -0.4 is 0 Å². The van der Waals surface area contributed by atoms with Gasteiger partial charge in [-0.3, -0.25) is 9.59 Å². The van der Waals surface area contributed by atoms with Crippen LogP contribution in [0.25, 0.3) is 0 Å². The van der Waals surface area contributed by atoms with E-state index in [1.807, 2.05) is 4.90 Å². The van der Waals surface area contributed by atoms with E-state index in [-0.39, 0.29) is 17.7 Å². The van der Waals surface area contributed by atoms with Gasteiger partial charge in [-0.25, -0.2) is 0 Å². The van der Waals surface area contributed by atoms with Crippen LogP contribution in [0.2, 0.25) is 0 Å². The van der Waals surface area contributed by atoms with Crippen molar-refractivity contribution in [3.05, 3.63) is 35.4 Å². The molecule has 2 aliphatic rings. The first-order valence-electron chi connectivity index (χ1n) is 9.15. The van der Waals surface area contributed by atoms with Gasteiger partial charge < -0.3 is 9.80 Å². The van der Waals surface area contributed by atoms with Crippen LogP contribution in [0.4, 0.5) is 0 Å². The summed E-state index contributed by atoms with van der Waals surface area (Å²) in [5.74, 6) is 6.48. The van der Waals surface area contributed by atoms with Crippen molar-refractivity contribution in [1.82, 2.24) is 9.80 Å². The number of nitrogens with zero attached hydrogens (tertiary/aromatic N) is 2. The molecule has 3 rings (SSSR count). The molecule has 1 aromatic carbocycles. The van der Waals surface area contributed by atoms with E-state index in [1.165, 1.54) is 11.1 Å². The van der Waals surface area contributed by atoms with Gasteiger partial charge in [-0.05, 0) is 37.7 Å². The van der Waals surface area contributed by atoms with Crippen LogP contribution >= 0.6 is 0 Å². The summed E-state index contributed by atoms with van der Waals surface area (Å²) < 4.78 is 0. The molecule has 1 aromatic rings. The van der Waals surface area contributed by atoms with Crippen LogP contribution in [0.15, 0.2) is 24.3 Å². The second-order valence-electron chi connectivity index (χ2n) is 7.22. The molecule has 0 radical (unpaired) electrons. The van der Waals surface area contributed by atoms with Crippen molar-refractivity contribution in [2.24, 2.45) is 5.92 Å². The zero-order chi connectivity index (χ0) is 17.8. The number of rotatable bonds is 1. The maximum atomic E-state index is 12.5. The Balaban J connectivity index is 1.58. The third-order valence-electron chi connectivity index (χ3n) is 5.27. The van der Waals surface area contributed by atoms with Crippen molar-refractivity contribution >= 4 is 11.8 Å². The predicted molar refractivity (Wildman–Crippen MR) is 97.9 cm³/mol. The van der Waals surface area contributed by atoms with Crippen molar-refractivity contribution in [2.75, 3.05) is 26.2 Å². The Morgan fingerprint density at radius 1 is 1.04 bits per heavy atom. The van der Waals surface area contributed by atoms with Gasteiger partial charge in [0.05, 0.1) is 0 Å². The molecular weight excluding hydrogens is 312 g/mol. The molecule has 0 N–H and O–H groups in total. The third-order valence-corrected chi connectivity index (χ3v) is 5.27. The molecule has 2 saturated heterocycles. The SMILES string of the molecule is CC(=O)N1CCC(C#CC(=O)N2CCCC(c3ccc(C)cc3)C2)C1. The van der Waals surface area contributed by atoms with E-state index < -0.39 is 0 Å². The fourth-order valence-corrected chi connectivity index (χ4v) is 3.68. The molecular formula is C21H26N2O2. The summed E-state index contributed by atoms with van der Waals surface area (Å²) in [5.41, 5.74) is 2.57. The lowest BCUT2D eigenvalue weighted by molar-refractivity contribution is -0.128. The van der Waals surface area contributed by atoms with E-state index in [0.717, 1.165) is 38.9 Å². The number of amides is 2. The van der Waals surface area contributed by atoms with Gasteiger partial charge in [0.1, 0.15) is 0 Å². The molecule has 0 spiro atoms. The zero-order valence-electron chi connectivity index (χ0n) is 15.1. The third kappa shape index (κ3) is 4.42. The minimum absolute atomic E-state index is 0.0712. The van der Waals surface area contributed by atoms with Crippen molar-refractivity contribution in [2.45, 2.75) is 39.0 Å². The van der Waals surface area contributed by atoms with Gasteiger partial charge in [-0.15, -0.1) is 0 Å². The largest absolute Gasteiger partial charge is 0.342 e. The molecule has 2 atom stereocenters. The predicted octanol–water partition coefficient (Wildman–Crippen LogP) is 2.57. The highest BCUT2D eigenvalue weighted by Gasteiger charge is 2.25. The second-order valence-corrected chi connectivity index (χ2v) is 7.22. The van der Waals surface area contributed by atoms with E-state index in [1.54, 1.807) is 11.8 Å². The molecule has 4 nitrogen and oxygen atoms in total. The van der Waals surface area contributed by atoms with Gasteiger partial charge in [0.2, 0.25) is 5.91 Å². The Labute approximate surface area is 150 Å². The minimum Gasteiger partial charge on any atom is -0.342 e. The molecule has 2 amide bonds. The van der Waals surface area contributed by atoms with Crippen molar-refractivity contribution in [3.8, 4) is 11.8 Å². The average Bonchev–Trinajstić information content (AvgIpc) is 3.10. The standard InChI is InChI=1S/C21H26N2O2/c1-16-5-8-19(9-6-16)20-4-3-12-23(15-20)21(25)10-7-18-11-13-22(14-18)17(2)24/h5-6,8-9,18,20H,3-4,11-15H2,1-2H3. The minimum atomic E-state index is -0.0712. The van der Waals surface area contributed by atoms with Crippen molar-refractivity contribution in [1.29, 1.82) is 0 Å². The maximum Gasteiger partial charge on any atom is 0.298 e. The lowest BCUT2D eigenvalue weighted by Crippen LogP contribution is -2.38. The van der Waals surface area contributed by atoms with Crippen LogP contribution in [0.3, 0.4) is 0 Å². The highest BCUT2D eigenvalue weighted by Crippen LogP contribution is 2.27. The smallest absolute Gasteiger partial charge is 0.298 e. The van der Waals surface area contributed by atoms with Crippen LogP contribution in [-0.4, -0.2) is 47.8 Å². The van der Waals surface area contributed by atoms with Gasteiger partial charge in [-0.1, -0.05) is 35.7 Å². The summed E-state index contributed by atoms with van der Waals surface area (Å²) in [7, 11) is 0. The molecule has 0 saturated carbocycles. The highest BCUT2D eigenvalue weighted by molar-refractivity contribution is 5.93. The lowest BCUT2D eigenvalue weighted by Gasteiger charge is -2.31. The fraction of sp³-hybridized carbons (Fsp3) is 0.524. The molecule has 25 heavy (non-hydrogen) atoms. The maximum absolute atomic E-state index is 12.5. The Morgan fingerprint density at radius 3 is 2.48 bits per heavy atom. The summed E-state index contributed by atoms with van der Waals surface area (Å²) >= 11 is 0. The normalized spacial score (nSPS) is 23.1. The topological polar surface area (TPSA) is 40.6 Å². The Kier molecular flexibility index (Phi) is 5.43. The summed E-state index contributed by atoms with van der Waals surface area (Å²) in [5, 5.41) is 0. The molecule has 132 valence electrons. The number of carbonyl (C=O) groups excluding carboxylic acids is 2. The Morgan fingerprint density at radius 2 is 1.80 bits per heavy atom. The van der Waals surface area contributed by atoms with Gasteiger partial charge in [-0.2, -0.15) is 0 Å². The van der Waals surface area contributed by atoms with Crippen LogP contribution in [-0.2, 0) is 9.59 Å². The molecule has 0 bridgehead atoms. The fourth-order valence-electron chi connectivity index (χ4n) is 3.68. The molecule has 2 unspecified atom stereocenters.